The van der Waals surface area contributed by atoms with Crippen LogP contribution in [0.3, 0.4) is 0 Å². The first-order valence-corrected chi connectivity index (χ1v) is 43.1. The van der Waals surface area contributed by atoms with Gasteiger partial charge in [-0.05, 0) is 246 Å². The van der Waals surface area contributed by atoms with E-state index in [2.05, 4.69) is 226 Å². The van der Waals surface area contributed by atoms with E-state index in [1.807, 2.05) is 13.0 Å². The van der Waals surface area contributed by atoms with Crippen LogP contribution in [0.1, 0.15) is 254 Å². The molecule has 0 spiro atoms. The van der Waals surface area contributed by atoms with Crippen LogP contribution >= 0.6 is 7.82 Å². The molecule has 0 bridgehead atoms. The van der Waals surface area contributed by atoms with Gasteiger partial charge in [0.15, 0.2) is 31.2 Å². The first-order chi connectivity index (χ1) is 39.1. The molecular formula is C73H133O8PSi3. The van der Waals surface area contributed by atoms with Crippen molar-refractivity contribution in [1.82, 2.24) is 0 Å². The number of allylic oxidation sites excluding steroid dienone is 19. The van der Waals surface area contributed by atoms with Crippen LogP contribution in [0.2, 0.25) is 54.4 Å². The third-order valence-corrected chi connectivity index (χ3v) is 32.8. The Morgan fingerprint density at radius 2 is 0.706 bits per heavy atom. The zero-order valence-electron chi connectivity index (χ0n) is 60.0. The van der Waals surface area contributed by atoms with E-state index in [1.165, 1.54) is 63.0 Å². The molecule has 1 saturated heterocycles. The highest BCUT2D eigenvalue weighted by Gasteiger charge is 2.56. The molecule has 0 aliphatic carbocycles. The average molecular weight is 1260 g/mol. The van der Waals surface area contributed by atoms with Crippen molar-refractivity contribution < 1.29 is 36.5 Å². The number of hydrogen-bond donors (Lipinski definition) is 1. The van der Waals surface area contributed by atoms with Crippen LogP contribution in [-0.2, 0) is 31.6 Å². The van der Waals surface area contributed by atoms with Gasteiger partial charge in [0, 0.05) is 0 Å². The Morgan fingerprint density at radius 3 is 0.988 bits per heavy atom. The molecule has 1 rings (SSSR count). The van der Waals surface area contributed by atoms with Crippen molar-refractivity contribution in [3.05, 3.63) is 116 Å². The molecule has 0 saturated carbocycles. The fourth-order valence-corrected chi connectivity index (χ4v) is 13.4. The van der Waals surface area contributed by atoms with E-state index in [4.69, 9.17) is 27.1 Å². The molecule has 490 valence electrons. The molecule has 0 aromatic carbocycles. The molecule has 1 N–H and O–H groups in total. The zero-order valence-corrected chi connectivity index (χ0v) is 63.9. The summed E-state index contributed by atoms with van der Waals surface area (Å²) in [6.07, 6.45) is 40.2. The highest BCUT2D eigenvalue weighted by atomic mass is 31.2. The van der Waals surface area contributed by atoms with E-state index < -0.39 is 57.4 Å². The Labute approximate surface area is 529 Å². The number of ether oxygens (including phenoxy) is 1. The lowest BCUT2D eigenvalue weighted by Crippen LogP contribution is -2.55. The third kappa shape index (κ3) is 34.7. The first-order valence-electron chi connectivity index (χ1n) is 32.9. The molecule has 1 fully saturated rings. The number of hydrogen-bond acceptors (Lipinski definition) is 7. The van der Waals surface area contributed by atoms with E-state index in [-0.39, 0.29) is 28.3 Å². The number of rotatable bonds is 39. The second kappa shape index (κ2) is 38.6. The normalized spacial score (nSPS) is 20.2. The largest absolute Gasteiger partial charge is 0.474 e. The van der Waals surface area contributed by atoms with Crippen LogP contribution in [0.5, 0.6) is 0 Å². The van der Waals surface area contributed by atoms with Crippen LogP contribution in [-0.4, -0.2) is 67.7 Å². The van der Waals surface area contributed by atoms with Gasteiger partial charge in [0.1, 0.15) is 18.3 Å². The van der Waals surface area contributed by atoms with Crippen molar-refractivity contribution in [3.63, 3.8) is 0 Å². The Kier molecular flexibility index (Phi) is 36.8. The molecule has 5 atom stereocenters. The lowest BCUT2D eigenvalue weighted by molar-refractivity contribution is -0.124. The van der Waals surface area contributed by atoms with Crippen LogP contribution in [0, 0.1) is 0 Å². The van der Waals surface area contributed by atoms with Crippen LogP contribution in [0.15, 0.2) is 116 Å². The summed E-state index contributed by atoms with van der Waals surface area (Å²) in [4.78, 5) is 11.2. The fourth-order valence-electron chi connectivity index (χ4n) is 9.03. The molecule has 12 heteroatoms. The molecule has 0 aromatic heterocycles. The summed E-state index contributed by atoms with van der Waals surface area (Å²) in [5.74, 6) is 0. The van der Waals surface area contributed by atoms with Gasteiger partial charge in [-0.25, -0.2) is 4.57 Å². The maximum Gasteiger partial charge on any atom is 0.474 e. The fraction of sp³-hybridized carbons (Fsp3) is 0.726. The van der Waals surface area contributed by atoms with Gasteiger partial charge in [0.25, 0.3) is 0 Å². The molecule has 1 heterocycles. The quantitative estimate of drug-likeness (QED) is 0.0370. The average Bonchev–Trinajstić information content (AvgIpc) is 3.28. The van der Waals surface area contributed by atoms with E-state index in [1.54, 1.807) is 0 Å². The summed E-state index contributed by atoms with van der Waals surface area (Å²) in [6, 6.07) is 0. The summed E-state index contributed by atoms with van der Waals surface area (Å²) in [6.45, 7) is 57.8. The van der Waals surface area contributed by atoms with Crippen LogP contribution in [0.25, 0.3) is 0 Å². The predicted molar refractivity (Wildman–Crippen MR) is 379 cm³/mol. The molecule has 0 aromatic rings. The topological polar surface area (TPSA) is 92.7 Å². The van der Waals surface area contributed by atoms with Crippen molar-refractivity contribution >= 4 is 32.8 Å². The van der Waals surface area contributed by atoms with E-state index in [0.717, 1.165) is 108 Å². The summed E-state index contributed by atoms with van der Waals surface area (Å²) in [5, 5.41) is -0.263. The van der Waals surface area contributed by atoms with E-state index >= 15 is 0 Å². The van der Waals surface area contributed by atoms with E-state index in [9.17, 15) is 9.46 Å². The van der Waals surface area contributed by atoms with Gasteiger partial charge < -0.3 is 22.9 Å². The van der Waals surface area contributed by atoms with Gasteiger partial charge in [-0.2, -0.15) is 0 Å². The highest BCUT2D eigenvalue weighted by molar-refractivity contribution is 7.47. The molecule has 0 amide bonds. The van der Waals surface area contributed by atoms with E-state index in [0.29, 0.717) is 0 Å². The molecule has 1 unspecified atom stereocenters. The second-order valence-corrected chi connectivity index (χ2v) is 46.0. The summed E-state index contributed by atoms with van der Waals surface area (Å²) in [7, 11) is -11.6. The minimum Gasteiger partial charge on any atom is -0.414 e. The number of phosphoric ester groups is 1. The standard InChI is InChI=1S/C73H133O8PSi3/c1-57(2)36-27-37-58(3)38-28-39-59(4)40-29-41-60(5)42-30-43-61(6)44-31-45-62(7)46-32-47-63(8)48-33-49-64(9)50-34-51-65(10)52-35-53-66(11)54-55-76-82(74,75)79-70-69(81-85(25,26)73(18,19)20)68(80-84(23,24)72(15,16)17)67(78-70)56-77-83(21,22)71(12,13)14/h36,38,40,42,44,46,48,50,52,54,67-70H,27-35,37,39,41,43,45,47,49,51,53,55-56H2,1-26H3,(H,74,75)/b58-38+,59-40-,60-42-,61-44-,62-46-,63-48-,64-50-,65-52-,66-54-/t67-,68-,69+,70-/m1/s1/i70+2. The Bertz CT molecular complexity index is 2370. The zero-order chi connectivity index (χ0) is 65.0. The highest BCUT2D eigenvalue weighted by Crippen LogP contribution is 2.50. The molecule has 85 heavy (non-hydrogen) atoms. The molecule has 1 aliphatic heterocycles. The van der Waals surface area contributed by atoms with Gasteiger partial charge in [0.05, 0.1) is 13.2 Å². The lowest BCUT2D eigenvalue weighted by atomic mass is 10.0. The minimum atomic E-state index is -4.60. The van der Waals surface area contributed by atoms with Crippen molar-refractivity contribution in [2.75, 3.05) is 13.2 Å². The van der Waals surface area contributed by atoms with Crippen LogP contribution in [0.4, 0.5) is 0 Å². The third-order valence-electron chi connectivity index (χ3n) is 18.4. The van der Waals surface area contributed by atoms with Gasteiger partial charge >= 0.3 is 7.82 Å². The summed E-state index contributed by atoms with van der Waals surface area (Å²) < 4.78 is 52.9. The molecular weight excluding hydrogens is 1120 g/mol. The Hall–Kier alpha value is -2.00. The smallest absolute Gasteiger partial charge is 0.414 e. The van der Waals surface area contributed by atoms with Crippen molar-refractivity contribution in [2.45, 2.75) is 333 Å². The molecule has 0 radical (unpaired) electrons. The maximum atomic E-state index is 13.8. The first kappa shape index (κ1) is 81.0. The monoisotopic (exact) mass is 1250 g/mol. The van der Waals surface area contributed by atoms with Gasteiger partial charge in [0.2, 0.25) is 0 Å². The minimum absolute atomic E-state index is 0.0185. The van der Waals surface area contributed by atoms with Crippen molar-refractivity contribution in [3.8, 4) is 0 Å². The lowest BCUT2D eigenvalue weighted by Gasteiger charge is -2.44. The van der Waals surface area contributed by atoms with Crippen molar-refractivity contribution in [2.24, 2.45) is 0 Å². The van der Waals surface area contributed by atoms with Gasteiger partial charge in [-0.15, -0.1) is 0 Å². The predicted octanol–water partition coefficient (Wildman–Crippen LogP) is 24.2. The van der Waals surface area contributed by atoms with Crippen LogP contribution < -0.4 is 0 Å². The van der Waals surface area contributed by atoms with Crippen molar-refractivity contribution in [1.29, 1.82) is 0 Å². The summed E-state index contributed by atoms with van der Waals surface area (Å²) in [5.41, 5.74) is 14.4. The Morgan fingerprint density at radius 1 is 0.435 bits per heavy atom. The SMILES string of the molecule is CC(C)=CCC/C(C)=C/CC/C(C)=C\CC/C(C)=C\CC/C(C)=C\CC/C(C)=C\CC/C(C)=C\CC/C(C)=C\CC/C(C)=C\CC/C(C)=C\COP(=O)(O)O[14C@H]1O[C@H](CO[Si](C)(C)C(C)(C)C)[C@@H](O[Si](C)(C)C(C)(C)C)[C@@H]1O[Si](C)(C)C(C)(C)C. The number of phosphoric acid groups is 1. The molecule has 1 aliphatic rings. The maximum absolute atomic E-state index is 13.8. The molecule has 8 nitrogen and oxygen atoms in total. The summed E-state index contributed by atoms with van der Waals surface area (Å²) >= 11 is 0. The second-order valence-electron chi connectivity index (χ2n) is 30.3. The van der Waals surface area contributed by atoms with Gasteiger partial charge in [-0.3, -0.25) is 9.05 Å². The Balaban J connectivity index is 2.63. The van der Waals surface area contributed by atoms with Gasteiger partial charge in [-0.1, -0.05) is 179 Å².